The Balaban J connectivity index is 2.68. The Hall–Kier alpha value is -0.850. The monoisotopic (exact) mass is 297 g/mol. The molecule has 0 aliphatic rings. The number of pyridine rings is 1. The van der Waals surface area contributed by atoms with Crippen molar-refractivity contribution in [3.63, 3.8) is 0 Å². The van der Waals surface area contributed by atoms with Crippen LogP contribution < -0.4 is 0 Å². The predicted octanol–water partition coefficient (Wildman–Crippen LogP) is 3.60. The van der Waals surface area contributed by atoms with Crippen LogP contribution in [0, 0.1) is 0 Å². The molecule has 0 amide bonds. The molecule has 1 rings (SSSR count). The number of hydrogen-bond donors (Lipinski definition) is 1. The van der Waals surface area contributed by atoms with E-state index in [2.05, 4.69) is 4.98 Å². The van der Waals surface area contributed by atoms with Crippen LogP contribution in [0.15, 0.2) is 12.1 Å². The number of aliphatic hydroxyl groups excluding tert-OH is 1. The summed E-state index contributed by atoms with van der Waals surface area (Å²) in [5.74, 6) is 0. The lowest BCUT2D eigenvalue weighted by atomic mass is 10.1. The normalized spacial score (nSPS) is 13.6. The molecule has 7 heteroatoms. The Morgan fingerprint density at radius 3 is 2.63 bits per heavy atom. The van der Waals surface area contributed by atoms with Crippen molar-refractivity contribution in [1.29, 1.82) is 0 Å². The van der Waals surface area contributed by atoms with Crippen molar-refractivity contribution in [2.24, 2.45) is 0 Å². The van der Waals surface area contributed by atoms with Crippen LogP contribution in [0.2, 0.25) is 5.15 Å². The largest absolute Gasteiger partial charge is 0.433 e. The minimum atomic E-state index is -4.54. The van der Waals surface area contributed by atoms with E-state index < -0.39 is 18.0 Å². The third kappa shape index (κ3) is 4.97. The first-order valence-corrected chi connectivity index (χ1v) is 6.23. The van der Waals surface area contributed by atoms with Crippen LogP contribution in [-0.4, -0.2) is 23.3 Å². The van der Waals surface area contributed by atoms with E-state index >= 15 is 0 Å². The SMILES string of the molecule is CCOCCCC(O)c1ccc(C(F)(F)F)nc1Cl. The lowest BCUT2D eigenvalue weighted by Crippen LogP contribution is -2.10. The summed E-state index contributed by atoms with van der Waals surface area (Å²) in [6.07, 6.45) is -4.54. The zero-order valence-corrected chi connectivity index (χ0v) is 11.1. The number of aliphatic hydroxyl groups is 1. The van der Waals surface area contributed by atoms with Gasteiger partial charge in [0.2, 0.25) is 0 Å². The van der Waals surface area contributed by atoms with Gasteiger partial charge in [-0.2, -0.15) is 13.2 Å². The van der Waals surface area contributed by atoms with E-state index in [-0.39, 0.29) is 10.7 Å². The summed E-state index contributed by atoms with van der Waals surface area (Å²) in [6, 6.07) is 1.97. The number of aromatic nitrogens is 1. The summed E-state index contributed by atoms with van der Waals surface area (Å²) in [4.78, 5) is 3.26. The molecule has 0 bridgehead atoms. The van der Waals surface area contributed by atoms with Crippen molar-refractivity contribution in [2.75, 3.05) is 13.2 Å². The topological polar surface area (TPSA) is 42.4 Å². The lowest BCUT2D eigenvalue weighted by Gasteiger charge is -2.14. The van der Waals surface area contributed by atoms with Gasteiger partial charge in [-0.25, -0.2) is 4.98 Å². The standard InChI is InChI=1S/C12H15ClF3NO2/c1-2-19-7-3-4-9(18)8-5-6-10(12(14,15)16)17-11(8)13/h5-6,9,18H,2-4,7H2,1H3. The maximum atomic E-state index is 12.4. The van der Waals surface area contributed by atoms with Gasteiger partial charge in [0.05, 0.1) is 6.10 Å². The fourth-order valence-electron chi connectivity index (χ4n) is 1.53. The molecule has 0 aromatic carbocycles. The van der Waals surface area contributed by atoms with Crippen LogP contribution in [0.25, 0.3) is 0 Å². The molecule has 19 heavy (non-hydrogen) atoms. The smallest absolute Gasteiger partial charge is 0.388 e. The second-order valence-electron chi connectivity index (χ2n) is 3.93. The average Bonchev–Trinajstić information content (AvgIpc) is 2.33. The molecule has 1 aromatic rings. The van der Waals surface area contributed by atoms with Crippen LogP contribution in [0.5, 0.6) is 0 Å². The molecular weight excluding hydrogens is 283 g/mol. The Morgan fingerprint density at radius 2 is 2.11 bits per heavy atom. The van der Waals surface area contributed by atoms with Crippen LogP contribution in [0.1, 0.15) is 37.1 Å². The molecule has 1 aromatic heterocycles. The van der Waals surface area contributed by atoms with Gasteiger partial charge in [0, 0.05) is 18.8 Å². The molecule has 0 spiro atoms. The van der Waals surface area contributed by atoms with E-state index in [9.17, 15) is 18.3 Å². The van der Waals surface area contributed by atoms with Gasteiger partial charge in [-0.1, -0.05) is 17.7 Å². The van der Waals surface area contributed by atoms with Crippen molar-refractivity contribution < 1.29 is 23.0 Å². The number of rotatable bonds is 6. The molecule has 1 N–H and O–H groups in total. The van der Waals surface area contributed by atoms with E-state index in [4.69, 9.17) is 16.3 Å². The van der Waals surface area contributed by atoms with Crippen molar-refractivity contribution in [2.45, 2.75) is 32.0 Å². The van der Waals surface area contributed by atoms with Crippen molar-refractivity contribution in [1.82, 2.24) is 4.98 Å². The third-order valence-corrected chi connectivity index (χ3v) is 2.80. The first-order valence-electron chi connectivity index (χ1n) is 5.85. The lowest BCUT2D eigenvalue weighted by molar-refractivity contribution is -0.141. The van der Waals surface area contributed by atoms with Gasteiger partial charge in [0.25, 0.3) is 0 Å². The highest BCUT2D eigenvalue weighted by atomic mass is 35.5. The number of halogens is 4. The number of ether oxygens (including phenoxy) is 1. The van der Waals surface area contributed by atoms with Gasteiger partial charge in [0.1, 0.15) is 10.8 Å². The van der Waals surface area contributed by atoms with Crippen LogP contribution in [0.3, 0.4) is 0 Å². The second kappa shape index (κ2) is 7.07. The Labute approximate surface area is 114 Å². The van der Waals surface area contributed by atoms with E-state index in [1.54, 1.807) is 0 Å². The Kier molecular flexibility index (Phi) is 6.03. The van der Waals surface area contributed by atoms with Gasteiger partial charge in [-0.3, -0.25) is 0 Å². The number of nitrogens with zero attached hydrogens (tertiary/aromatic N) is 1. The molecule has 0 aliphatic heterocycles. The number of hydrogen-bond acceptors (Lipinski definition) is 3. The van der Waals surface area contributed by atoms with Gasteiger partial charge in [-0.05, 0) is 25.8 Å². The Bertz CT molecular complexity index is 412. The number of alkyl halides is 3. The zero-order valence-electron chi connectivity index (χ0n) is 10.4. The summed E-state index contributed by atoms with van der Waals surface area (Å²) in [5, 5.41) is 9.51. The molecule has 1 heterocycles. The predicted molar refractivity (Wildman–Crippen MR) is 64.9 cm³/mol. The van der Waals surface area contributed by atoms with E-state index in [0.29, 0.717) is 26.1 Å². The quantitative estimate of drug-likeness (QED) is 0.644. The molecule has 108 valence electrons. The maximum Gasteiger partial charge on any atom is 0.433 e. The minimum Gasteiger partial charge on any atom is -0.388 e. The minimum absolute atomic E-state index is 0.200. The molecule has 0 aliphatic carbocycles. The second-order valence-corrected chi connectivity index (χ2v) is 4.29. The molecule has 1 unspecified atom stereocenters. The fourth-order valence-corrected chi connectivity index (χ4v) is 1.81. The zero-order chi connectivity index (χ0) is 14.5. The van der Waals surface area contributed by atoms with E-state index in [1.165, 1.54) is 0 Å². The molecule has 3 nitrogen and oxygen atoms in total. The highest BCUT2D eigenvalue weighted by molar-refractivity contribution is 6.30. The van der Waals surface area contributed by atoms with E-state index in [1.807, 2.05) is 6.92 Å². The first-order chi connectivity index (χ1) is 8.86. The fraction of sp³-hybridized carbons (Fsp3) is 0.583. The van der Waals surface area contributed by atoms with Crippen molar-refractivity contribution in [3.05, 3.63) is 28.5 Å². The van der Waals surface area contributed by atoms with Crippen LogP contribution >= 0.6 is 11.6 Å². The van der Waals surface area contributed by atoms with Crippen LogP contribution in [0.4, 0.5) is 13.2 Å². The molecule has 0 saturated carbocycles. The van der Waals surface area contributed by atoms with Crippen LogP contribution in [-0.2, 0) is 10.9 Å². The van der Waals surface area contributed by atoms with E-state index in [0.717, 1.165) is 12.1 Å². The van der Waals surface area contributed by atoms with Crippen molar-refractivity contribution in [3.8, 4) is 0 Å². The van der Waals surface area contributed by atoms with Gasteiger partial charge in [-0.15, -0.1) is 0 Å². The van der Waals surface area contributed by atoms with Gasteiger partial charge >= 0.3 is 6.18 Å². The molecular formula is C12H15ClF3NO2. The summed E-state index contributed by atoms with van der Waals surface area (Å²) in [7, 11) is 0. The first kappa shape index (κ1) is 16.2. The molecule has 0 saturated heterocycles. The summed E-state index contributed by atoms with van der Waals surface area (Å²) in [5.41, 5.74) is -0.867. The molecule has 1 atom stereocenters. The summed E-state index contributed by atoms with van der Waals surface area (Å²) >= 11 is 5.67. The summed E-state index contributed by atoms with van der Waals surface area (Å²) in [6.45, 7) is 2.92. The van der Waals surface area contributed by atoms with Gasteiger partial charge < -0.3 is 9.84 Å². The highest BCUT2D eigenvalue weighted by Crippen LogP contribution is 2.31. The summed E-state index contributed by atoms with van der Waals surface area (Å²) < 4.78 is 42.3. The van der Waals surface area contributed by atoms with Crippen molar-refractivity contribution >= 4 is 11.6 Å². The Morgan fingerprint density at radius 1 is 1.42 bits per heavy atom. The highest BCUT2D eigenvalue weighted by Gasteiger charge is 2.33. The average molecular weight is 298 g/mol. The third-order valence-electron chi connectivity index (χ3n) is 2.50. The molecule has 0 fully saturated rings. The van der Waals surface area contributed by atoms with Gasteiger partial charge in [0.15, 0.2) is 0 Å². The maximum absolute atomic E-state index is 12.4. The molecule has 0 radical (unpaired) electrons.